The molecule has 1 atom stereocenters. The minimum Gasteiger partial charge on any atom is -0.364 e. The molecule has 2 N–H and O–H groups in total. The molecule has 0 saturated carbocycles. The molecular formula is C13H22N6O2. The molecule has 21 heavy (non-hydrogen) atoms. The zero-order valence-electron chi connectivity index (χ0n) is 12.7. The Hall–Kier alpha value is -1.96. The highest BCUT2D eigenvalue weighted by molar-refractivity contribution is 5.60. The summed E-state index contributed by atoms with van der Waals surface area (Å²) in [5, 5.41) is 17.4. The summed E-state index contributed by atoms with van der Waals surface area (Å²) >= 11 is 0. The van der Waals surface area contributed by atoms with Gasteiger partial charge < -0.3 is 15.5 Å². The minimum absolute atomic E-state index is 0.0389. The fraction of sp³-hybridized carbons (Fsp3) is 0.692. The Balaban J connectivity index is 2.16. The van der Waals surface area contributed by atoms with Crippen molar-refractivity contribution in [2.75, 3.05) is 43.9 Å². The van der Waals surface area contributed by atoms with Gasteiger partial charge in [-0.2, -0.15) is 4.98 Å². The van der Waals surface area contributed by atoms with Gasteiger partial charge in [0, 0.05) is 19.6 Å². The second kappa shape index (κ2) is 6.66. The number of rotatable bonds is 6. The average Bonchev–Trinajstić information content (AvgIpc) is 2.81. The number of hydrogen-bond donors (Lipinski definition) is 2. The van der Waals surface area contributed by atoms with E-state index in [2.05, 4.69) is 32.5 Å². The molecule has 1 aromatic rings. The minimum atomic E-state index is -0.422. The molecule has 0 spiro atoms. The van der Waals surface area contributed by atoms with Gasteiger partial charge in [0.15, 0.2) is 0 Å². The van der Waals surface area contributed by atoms with Crippen molar-refractivity contribution in [3.05, 3.63) is 15.8 Å². The summed E-state index contributed by atoms with van der Waals surface area (Å²) in [5.41, 5.74) is 0.333. The number of aromatic nitrogens is 2. The normalized spacial score (nSPS) is 18.7. The van der Waals surface area contributed by atoms with Crippen LogP contribution in [0, 0.1) is 23.0 Å². The van der Waals surface area contributed by atoms with E-state index >= 15 is 0 Å². The van der Waals surface area contributed by atoms with Crippen molar-refractivity contribution in [2.24, 2.45) is 5.92 Å². The molecular weight excluding hydrogens is 272 g/mol. The Kier molecular flexibility index (Phi) is 4.89. The Labute approximate surface area is 124 Å². The quantitative estimate of drug-likeness (QED) is 0.606. The smallest absolute Gasteiger partial charge is 0.332 e. The summed E-state index contributed by atoms with van der Waals surface area (Å²) in [5.74, 6) is 1.22. The molecule has 2 heterocycles. The van der Waals surface area contributed by atoms with Gasteiger partial charge in [-0.25, -0.2) is 4.98 Å². The predicted octanol–water partition coefficient (Wildman–Crippen LogP) is 1.49. The van der Waals surface area contributed by atoms with Crippen molar-refractivity contribution in [2.45, 2.75) is 20.3 Å². The van der Waals surface area contributed by atoms with Crippen LogP contribution in [0.15, 0.2) is 0 Å². The van der Waals surface area contributed by atoms with Crippen LogP contribution in [0.1, 0.15) is 19.0 Å². The Morgan fingerprint density at radius 3 is 2.76 bits per heavy atom. The largest absolute Gasteiger partial charge is 0.364 e. The maximum Gasteiger partial charge on any atom is 0.332 e. The van der Waals surface area contributed by atoms with Crippen molar-refractivity contribution < 1.29 is 4.92 Å². The molecule has 8 heteroatoms. The highest BCUT2D eigenvalue weighted by atomic mass is 16.6. The molecule has 0 amide bonds. The predicted molar refractivity (Wildman–Crippen MR) is 81.7 cm³/mol. The van der Waals surface area contributed by atoms with Crippen LogP contribution in [0.2, 0.25) is 0 Å². The zero-order valence-corrected chi connectivity index (χ0v) is 12.7. The number of anilines is 2. The maximum absolute atomic E-state index is 11.2. The Morgan fingerprint density at radius 2 is 2.19 bits per heavy atom. The van der Waals surface area contributed by atoms with Gasteiger partial charge in [0.25, 0.3) is 0 Å². The fourth-order valence-corrected chi connectivity index (χ4v) is 2.58. The van der Waals surface area contributed by atoms with Gasteiger partial charge in [0.05, 0.1) is 4.92 Å². The number of hydrogen-bond acceptors (Lipinski definition) is 7. The first-order valence-corrected chi connectivity index (χ1v) is 7.20. The van der Waals surface area contributed by atoms with Gasteiger partial charge in [0.2, 0.25) is 11.8 Å². The van der Waals surface area contributed by atoms with Gasteiger partial charge in [-0.05, 0) is 39.8 Å². The van der Waals surface area contributed by atoms with Crippen molar-refractivity contribution in [1.82, 2.24) is 14.9 Å². The topological polar surface area (TPSA) is 96.2 Å². The van der Waals surface area contributed by atoms with E-state index in [1.165, 1.54) is 0 Å². The summed E-state index contributed by atoms with van der Waals surface area (Å²) < 4.78 is 0. The number of likely N-dealkylation sites (tertiary alicyclic amines) is 1. The van der Waals surface area contributed by atoms with Crippen LogP contribution in [0.3, 0.4) is 0 Å². The molecule has 1 saturated heterocycles. The van der Waals surface area contributed by atoms with E-state index in [-0.39, 0.29) is 5.69 Å². The number of nitrogens with zero attached hydrogens (tertiary/aromatic N) is 4. The lowest BCUT2D eigenvalue weighted by atomic mass is 10.1. The molecule has 0 aliphatic carbocycles. The third kappa shape index (κ3) is 3.78. The summed E-state index contributed by atoms with van der Waals surface area (Å²) in [7, 11) is 2.08. The first-order valence-electron chi connectivity index (χ1n) is 7.20. The van der Waals surface area contributed by atoms with Crippen LogP contribution in [0.25, 0.3) is 0 Å². The summed E-state index contributed by atoms with van der Waals surface area (Å²) in [6.45, 7) is 7.00. The van der Waals surface area contributed by atoms with Crippen LogP contribution in [0.5, 0.6) is 0 Å². The molecule has 1 unspecified atom stereocenters. The van der Waals surface area contributed by atoms with E-state index in [0.29, 0.717) is 36.5 Å². The van der Waals surface area contributed by atoms with E-state index in [0.717, 1.165) is 19.5 Å². The third-order valence-electron chi connectivity index (χ3n) is 3.62. The molecule has 8 nitrogen and oxygen atoms in total. The van der Waals surface area contributed by atoms with E-state index in [1.54, 1.807) is 6.92 Å². The van der Waals surface area contributed by atoms with Gasteiger partial charge in [-0.3, -0.25) is 10.1 Å². The first kappa shape index (κ1) is 15.4. The summed E-state index contributed by atoms with van der Waals surface area (Å²) in [6.07, 6.45) is 1.10. The van der Waals surface area contributed by atoms with Crippen molar-refractivity contribution in [1.29, 1.82) is 0 Å². The summed E-state index contributed by atoms with van der Waals surface area (Å²) in [4.78, 5) is 21.4. The van der Waals surface area contributed by atoms with Gasteiger partial charge in [-0.15, -0.1) is 0 Å². The first-order chi connectivity index (χ1) is 10.0. The molecule has 0 aromatic carbocycles. The Morgan fingerprint density at radius 1 is 1.43 bits per heavy atom. The van der Waals surface area contributed by atoms with Crippen LogP contribution in [-0.4, -0.2) is 53.0 Å². The standard InChI is InChI=1S/C13H22N6O2/c1-4-14-13-16-9(2)11(19(20)21)12(17-13)15-7-10-5-6-18(3)8-10/h10H,4-8H2,1-3H3,(H2,14,15,16,17). The second-order valence-electron chi connectivity index (χ2n) is 5.42. The van der Waals surface area contributed by atoms with Crippen LogP contribution in [0.4, 0.5) is 17.5 Å². The van der Waals surface area contributed by atoms with Crippen molar-refractivity contribution >= 4 is 17.5 Å². The zero-order chi connectivity index (χ0) is 15.4. The molecule has 116 valence electrons. The van der Waals surface area contributed by atoms with E-state index in [1.807, 2.05) is 6.92 Å². The van der Waals surface area contributed by atoms with Crippen molar-refractivity contribution in [3.8, 4) is 0 Å². The molecule has 0 radical (unpaired) electrons. The van der Waals surface area contributed by atoms with Crippen LogP contribution >= 0.6 is 0 Å². The van der Waals surface area contributed by atoms with E-state index in [9.17, 15) is 10.1 Å². The SMILES string of the molecule is CCNc1nc(C)c([N+](=O)[O-])c(NCC2CCN(C)C2)n1. The molecule has 2 rings (SSSR count). The fourth-order valence-electron chi connectivity index (χ4n) is 2.58. The third-order valence-corrected chi connectivity index (χ3v) is 3.62. The molecule has 1 fully saturated rings. The average molecular weight is 294 g/mol. The van der Waals surface area contributed by atoms with E-state index in [4.69, 9.17) is 0 Å². The lowest BCUT2D eigenvalue weighted by molar-refractivity contribution is -0.385. The van der Waals surface area contributed by atoms with Gasteiger partial charge in [0.1, 0.15) is 5.69 Å². The second-order valence-corrected chi connectivity index (χ2v) is 5.42. The highest BCUT2D eigenvalue weighted by Gasteiger charge is 2.24. The lowest BCUT2D eigenvalue weighted by Crippen LogP contribution is -2.20. The molecule has 1 aromatic heterocycles. The van der Waals surface area contributed by atoms with Gasteiger partial charge in [-0.1, -0.05) is 0 Å². The molecule has 1 aliphatic heterocycles. The maximum atomic E-state index is 11.2. The van der Waals surface area contributed by atoms with Crippen LogP contribution < -0.4 is 10.6 Å². The van der Waals surface area contributed by atoms with Gasteiger partial charge >= 0.3 is 5.69 Å². The number of aryl methyl sites for hydroxylation is 1. The highest BCUT2D eigenvalue weighted by Crippen LogP contribution is 2.27. The monoisotopic (exact) mass is 294 g/mol. The Bertz CT molecular complexity index is 522. The molecule has 1 aliphatic rings. The lowest BCUT2D eigenvalue weighted by Gasteiger charge is -2.13. The summed E-state index contributed by atoms with van der Waals surface area (Å²) in [6, 6.07) is 0. The molecule has 0 bridgehead atoms. The van der Waals surface area contributed by atoms with Crippen LogP contribution in [-0.2, 0) is 0 Å². The van der Waals surface area contributed by atoms with E-state index < -0.39 is 4.92 Å². The van der Waals surface area contributed by atoms with Crippen molar-refractivity contribution in [3.63, 3.8) is 0 Å². The number of nitrogens with one attached hydrogen (secondary N) is 2. The number of nitro groups is 1.